The van der Waals surface area contributed by atoms with Crippen LogP contribution in [0.15, 0.2) is 54.6 Å². The first-order valence-corrected chi connectivity index (χ1v) is 10.9. The smallest absolute Gasteiger partial charge is 0.261 e. The average molecular weight is 425 g/mol. The summed E-state index contributed by atoms with van der Waals surface area (Å²) in [6, 6.07) is 17.3. The molecule has 0 heterocycles. The number of nitrogens with two attached hydrogens (primary N) is 1. The van der Waals surface area contributed by atoms with Crippen molar-refractivity contribution in [2.45, 2.75) is 25.4 Å². The van der Waals surface area contributed by atoms with Gasteiger partial charge in [0.1, 0.15) is 11.8 Å². The number of hydrogen-bond acceptors (Lipinski definition) is 6. The Morgan fingerprint density at radius 2 is 1.69 bits per heavy atom. The number of nitrogens with one attached hydrogen (secondary N) is 1. The van der Waals surface area contributed by atoms with E-state index in [9.17, 15) is 13.2 Å². The van der Waals surface area contributed by atoms with Crippen molar-refractivity contribution < 1.29 is 27.6 Å². The summed E-state index contributed by atoms with van der Waals surface area (Å²) in [5, 5.41) is 11.9. The molecule has 1 atom stereocenters. The largest absolute Gasteiger partial charge is 0.494 e. The van der Waals surface area contributed by atoms with Crippen molar-refractivity contribution >= 4 is 16.0 Å². The van der Waals surface area contributed by atoms with Crippen molar-refractivity contribution in [3.63, 3.8) is 0 Å². The molecule has 1 amide bonds. The van der Waals surface area contributed by atoms with Crippen LogP contribution in [-0.4, -0.2) is 49.5 Å². The maximum absolute atomic E-state index is 11.0. The number of aryl methyl sites for hydroxylation is 1. The summed E-state index contributed by atoms with van der Waals surface area (Å²) in [4.78, 5) is 11.0. The number of carbonyl (C=O) groups excluding carboxylic acids is 1. The fourth-order valence-electron chi connectivity index (χ4n) is 2.31. The molecule has 0 fully saturated rings. The normalized spacial score (nSPS) is 11.8. The molecule has 0 saturated carbocycles. The van der Waals surface area contributed by atoms with Crippen molar-refractivity contribution in [3.8, 4) is 5.75 Å². The highest BCUT2D eigenvalue weighted by Crippen LogP contribution is 2.13. The van der Waals surface area contributed by atoms with E-state index in [2.05, 4.69) is 17.4 Å². The lowest BCUT2D eigenvalue weighted by Crippen LogP contribution is -2.43. The number of primary amides is 1. The van der Waals surface area contributed by atoms with E-state index < -0.39 is 22.1 Å². The number of carbonyl (C=O) groups is 1. The van der Waals surface area contributed by atoms with Crippen molar-refractivity contribution in [2.24, 2.45) is 5.73 Å². The Balaban J connectivity index is 0.000000749. The minimum atomic E-state index is -3.67. The van der Waals surface area contributed by atoms with Gasteiger partial charge in [-0.2, -0.15) is 8.42 Å². The summed E-state index contributed by atoms with van der Waals surface area (Å²) in [6.07, 6.45) is 2.68. The lowest BCUT2D eigenvalue weighted by molar-refractivity contribution is -0.120. The van der Waals surface area contributed by atoms with Gasteiger partial charge in [-0.05, 0) is 36.1 Å². The number of aliphatic hydroxyl groups excluding tert-OH is 1. The SMILES string of the molecule is CS(=O)(=O)O.NC(=O)C(CO)NCc1ccc(OCCCc2ccccc2)cc1. The van der Waals surface area contributed by atoms with Crippen LogP contribution in [0.25, 0.3) is 0 Å². The van der Waals surface area contributed by atoms with E-state index in [1.807, 2.05) is 42.5 Å². The van der Waals surface area contributed by atoms with Crippen molar-refractivity contribution in [1.29, 1.82) is 0 Å². The Labute approximate surface area is 171 Å². The molecule has 2 aromatic rings. The maximum Gasteiger partial charge on any atom is 0.261 e. The lowest BCUT2D eigenvalue weighted by atomic mass is 10.1. The molecule has 1 unspecified atom stereocenters. The number of rotatable bonds is 10. The fraction of sp³-hybridized carbons (Fsp3) is 0.350. The van der Waals surface area contributed by atoms with E-state index in [1.54, 1.807) is 0 Å². The Bertz CT molecular complexity index is 818. The van der Waals surface area contributed by atoms with Gasteiger partial charge in [-0.15, -0.1) is 0 Å². The number of benzene rings is 2. The Kier molecular flexibility index (Phi) is 10.9. The molecule has 0 aliphatic carbocycles. The zero-order chi connectivity index (χ0) is 21.7. The van der Waals surface area contributed by atoms with Gasteiger partial charge in [-0.1, -0.05) is 42.5 Å². The first-order valence-electron chi connectivity index (χ1n) is 9.00. The predicted molar refractivity (Wildman–Crippen MR) is 111 cm³/mol. The minimum absolute atomic E-state index is 0.308. The number of amides is 1. The number of aliphatic hydroxyl groups is 1. The van der Waals surface area contributed by atoms with E-state index in [0.29, 0.717) is 19.4 Å². The molecule has 0 saturated heterocycles. The zero-order valence-electron chi connectivity index (χ0n) is 16.3. The topological polar surface area (TPSA) is 139 Å². The lowest BCUT2D eigenvalue weighted by Gasteiger charge is -2.13. The molecule has 0 bridgehead atoms. The van der Waals surface area contributed by atoms with Gasteiger partial charge in [-0.25, -0.2) is 0 Å². The van der Waals surface area contributed by atoms with Gasteiger partial charge in [0.15, 0.2) is 0 Å². The monoisotopic (exact) mass is 424 g/mol. The van der Waals surface area contributed by atoms with E-state index in [4.69, 9.17) is 20.1 Å². The second kappa shape index (κ2) is 12.9. The summed E-state index contributed by atoms with van der Waals surface area (Å²) >= 11 is 0. The summed E-state index contributed by atoms with van der Waals surface area (Å²) in [5.41, 5.74) is 7.47. The van der Waals surface area contributed by atoms with Crippen LogP contribution < -0.4 is 15.8 Å². The van der Waals surface area contributed by atoms with E-state index >= 15 is 0 Å². The van der Waals surface area contributed by atoms with Crippen molar-refractivity contribution in [2.75, 3.05) is 19.5 Å². The molecule has 2 aromatic carbocycles. The van der Waals surface area contributed by atoms with Crippen LogP contribution in [0.3, 0.4) is 0 Å². The Morgan fingerprint density at radius 3 is 2.21 bits per heavy atom. The van der Waals surface area contributed by atoms with E-state index in [1.165, 1.54) is 5.56 Å². The third-order valence-corrected chi connectivity index (χ3v) is 3.72. The second-order valence-electron chi connectivity index (χ2n) is 6.33. The molecule has 0 aromatic heterocycles. The summed E-state index contributed by atoms with van der Waals surface area (Å²) in [5.74, 6) is 0.260. The highest BCUT2D eigenvalue weighted by molar-refractivity contribution is 7.85. The van der Waals surface area contributed by atoms with Crippen LogP contribution in [0.5, 0.6) is 5.75 Å². The third-order valence-electron chi connectivity index (χ3n) is 3.72. The van der Waals surface area contributed by atoms with Gasteiger partial charge >= 0.3 is 0 Å². The molecule has 9 heteroatoms. The van der Waals surface area contributed by atoms with Gasteiger partial charge < -0.3 is 15.6 Å². The fourth-order valence-corrected chi connectivity index (χ4v) is 2.31. The molecule has 29 heavy (non-hydrogen) atoms. The van der Waals surface area contributed by atoms with E-state index in [0.717, 1.165) is 24.2 Å². The minimum Gasteiger partial charge on any atom is -0.494 e. The predicted octanol–water partition coefficient (Wildman–Crippen LogP) is 1.14. The zero-order valence-corrected chi connectivity index (χ0v) is 17.1. The van der Waals surface area contributed by atoms with Crippen molar-refractivity contribution in [1.82, 2.24) is 5.32 Å². The van der Waals surface area contributed by atoms with Crippen LogP contribution in [0.2, 0.25) is 0 Å². The van der Waals surface area contributed by atoms with Crippen LogP contribution in [0.1, 0.15) is 17.5 Å². The van der Waals surface area contributed by atoms with E-state index in [-0.39, 0.29) is 6.61 Å². The van der Waals surface area contributed by atoms with Gasteiger partial charge in [0, 0.05) is 6.54 Å². The molecule has 2 rings (SSSR count). The van der Waals surface area contributed by atoms with Gasteiger partial charge in [0.05, 0.1) is 19.5 Å². The van der Waals surface area contributed by atoms with Crippen LogP contribution in [-0.2, 0) is 27.9 Å². The molecule has 5 N–H and O–H groups in total. The van der Waals surface area contributed by atoms with Crippen LogP contribution in [0.4, 0.5) is 0 Å². The highest BCUT2D eigenvalue weighted by Gasteiger charge is 2.12. The highest BCUT2D eigenvalue weighted by atomic mass is 32.2. The summed E-state index contributed by atoms with van der Waals surface area (Å²) < 4.78 is 31.6. The average Bonchev–Trinajstić information content (AvgIpc) is 2.66. The molecule has 0 aliphatic rings. The van der Waals surface area contributed by atoms with Crippen LogP contribution in [0, 0.1) is 0 Å². The first kappa shape index (κ1) is 24.6. The standard InChI is InChI=1S/C19H24N2O3.CH4O3S/c20-19(23)18(14-22)21-13-16-8-10-17(11-9-16)24-12-4-7-15-5-2-1-3-6-15;1-5(2,3)4/h1-3,5-6,8-11,18,21-22H,4,7,12-14H2,(H2,20,23);1H3,(H,2,3,4). The van der Waals surface area contributed by atoms with Crippen LogP contribution >= 0.6 is 0 Å². The van der Waals surface area contributed by atoms with Gasteiger partial charge in [-0.3, -0.25) is 14.7 Å². The molecular formula is C20H28N2O6S. The second-order valence-corrected chi connectivity index (χ2v) is 7.80. The molecule has 0 spiro atoms. The summed E-state index contributed by atoms with van der Waals surface area (Å²) in [7, 11) is -3.67. The number of hydrogen-bond donors (Lipinski definition) is 4. The molecule has 160 valence electrons. The molecule has 0 radical (unpaired) electrons. The Morgan fingerprint density at radius 1 is 1.10 bits per heavy atom. The maximum atomic E-state index is 11.0. The molecular weight excluding hydrogens is 396 g/mol. The van der Waals surface area contributed by atoms with Crippen molar-refractivity contribution in [3.05, 3.63) is 65.7 Å². The number of ether oxygens (including phenoxy) is 1. The first-order chi connectivity index (χ1) is 13.7. The Hall–Kier alpha value is -2.46. The molecule has 0 aliphatic heterocycles. The third kappa shape index (κ3) is 12.6. The summed E-state index contributed by atoms with van der Waals surface area (Å²) in [6.45, 7) is 0.821. The molecule has 8 nitrogen and oxygen atoms in total. The van der Waals surface area contributed by atoms with Gasteiger partial charge in [0.25, 0.3) is 10.1 Å². The quantitative estimate of drug-likeness (QED) is 0.331. The van der Waals surface area contributed by atoms with Gasteiger partial charge in [0.2, 0.25) is 5.91 Å².